The van der Waals surface area contributed by atoms with Crippen molar-refractivity contribution in [1.82, 2.24) is 0 Å². The number of aromatic hydroxyl groups is 2. The van der Waals surface area contributed by atoms with Crippen LogP contribution in [0.1, 0.15) is 6.92 Å². The molecular weight excluding hydrogens is 700 g/mol. The Balaban J connectivity index is 1.11. The number of ether oxygens (including phenoxy) is 6. The van der Waals surface area contributed by atoms with E-state index in [9.17, 15) is 61.0 Å². The molecule has 19 nitrogen and oxygen atoms in total. The Labute approximate surface area is 293 Å². The van der Waals surface area contributed by atoms with Gasteiger partial charge in [-0.05, 0) is 24.6 Å². The van der Waals surface area contributed by atoms with Gasteiger partial charge in [0.25, 0.3) is 0 Å². The number of aliphatic hydroxyl groups excluding tert-OH is 9. The van der Waals surface area contributed by atoms with Crippen LogP contribution in [-0.4, -0.2) is 162 Å². The van der Waals surface area contributed by atoms with Gasteiger partial charge >= 0.3 is 0 Å². The fraction of sp³-hybridized carbons (Fsp3) is 0.545. The lowest BCUT2D eigenvalue weighted by molar-refractivity contribution is -0.359. The summed E-state index contributed by atoms with van der Waals surface area (Å²) in [6.45, 7) is 0.106. The molecule has 15 atom stereocenters. The number of phenols is 2. The largest absolute Gasteiger partial charge is 0.508 e. The first-order valence-electron chi connectivity index (χ1n) is 16.2. The van der Waals surface area contributed by atoms with E-state index in [4.69, 9.17) is 32.8 Å². The highest BCUT2D eigenvalue weighted by Crippen LogP contribution is 2.34. The topological polar surface area (TPSA) is 308 Å². The summed E-state index contributed by atoms with van der Waals surface area (Å²) in [4.78, 5) is 13.2. The van der Waals surface area contributed by atoms with Crippen molar-refractivity contribution in [2.24, 2.45) is 0 Å². The quantitative estimate of drug-likeness (QED) is 0.102. The molecule has 0 spiro atoms. The Morgan fingerprint density at radius 1 is 0.712 bits per heavy atom. The molecule has 4 heterocycles. The van der Waals surface area contributed by atoms with Gasteiger partial charge in [0.2, 0.25) is 11.7 Å². The van der Waals surface area contributed by atoms with E-state index in [2.05, 4.69) is 0 Å². The molecule has 1 aromatic heterocycles. The molecule has 3 aliphatic heterocycles. The number of aliphatic hydroxyl groups is 9. The zero-order valence-corrected chi connectivity index (χ0v) is 27.3. The minimum atomic E-state index is -1.84. The average molecular weight is 741 g/mol. The molecule has 19 heteroatoms. The fourth-order valence-corrected chi connectivity index (χ4v) is 6.26. The van der Waals surface area contributed by atoms with E-state index >= 15 is 0 Å². The van der Waals surface area contributed by atoms with Gasteiger partial charge in [-0.25, -0.2) is 0 Å². The molecule has 3 saturated heterocycles. The number of phenolic OH excluding ortho intramolecular Hbond substituents is 2. The fourth-order valence-electron chi connectivity index (χ4n) is 6.26. The van der Waals surface area contributed by atoms with Gasteiger partial charge in [-0.3, -0.25) is 4.79 Å². The van der Waals surface area contributed by atoms with Crippen LogP contribution in [0, 0.1) is 0 Å². The van der Waals surface area contributed by atoms with Crippen LogP contribution in [0.25, 0.3) is 22.1 Å². The summed E-state index contributed by atoms with van der Waals surface area (Å²) in [6.07, 6.45) is -23.0. The second-order valence-electron chi connectivity index (χ2n) is 12.8. The average Bonchev–Trinajstić information content (AvgIpc) is 3.12. The maximum absolute atomic E-state index is 13.2. The smallest absolute Gasteiger partial charge is 0.229 e. The van der Waals surface area contributed by atoms with Gasteiger partial charge < -0.3 is 89.0 Å². The SMILES string of the molecule is C[C@H]1O[C@@H](OC[C@@H]2O[C@H](Oc3cc(O)c4c(=O)c(-c5ccc(O)cc5)coc4c3)[C@@H](O)[C@H](O)[C@H]2O)[C@H](O)[C@H](O)[C@@H]1O[C@@H]1O[C@H](CO)[C@@H](O)[C@H](O)[C@@H]1O. The summed E-state index contributed by atoms with van der Waals surface area (Å²) in [7, 11) is 0. The lowest BCUT2D eigenvalue weighted by atomic mass is 9.97. The summed E-state index contributed by atoms with van der Waals surface area (Å²) < 4.78 is 39.0. The van der Waals surface area contributed by atoms with E-state index in [1.54, 1.807) is 0 Å². The lowest BCUT2D eigenvalue weighted by Crippen LogP contribution is -2.64. The minimum absolute atomic E-state index is 0.0123. The Kier molecular flexibility index (Phi) is 11.4. The van der Waals surface area contributed by atoms with Gasteiger partial charge in [0, 0.05) is 12.1 Å². The molecule has 0 amide bonds. The Morgan fingerprint density at radius 2 is 1.33 bits per heavy atom. The summed E-state index contributed by atoms with van der Waals surface area (Å²) in [5.41, 5.74) is -0.158. The molecular formula is C33H40O19. The highest BCUT2D eigenvalue weighted by Gasteiger charge is 2.51. The Hall–Kier alpha value is -3.51. The third-order valence-electron chi connectivity index (χ3n) is 9.27. The van der Waals surface area contributed by atoms with Crippen molar-refractivity contribution < 1.29 is 89.0 Å². The van der Waals surface area contributed by atoms with Gasteiger partial charge in [-0.2, -0.15) is 0 Å². The number of hydrogen-bond acceptors (Lipinski definition) is 19. The highest BCUT2D eigenvalue weighted by atomic mass is 16.7. The van der Waals surface area contributed by atoms with Crippen LogP contribution in [0.15, 0.2) is 51.9 Å². The zero-order chi connectivity index (χ0) is 37.6. The van der Waals surface area contributed by atoms with Crippen molar-refractivity contribution >= 4 is 11.0 Å². The van der Waals surface area contributed by atoms with Crippen LogP contribution in [0.4, 0.5) is 0 Å². The van der Waals surface area contributed by atoms with Gasteiger partial charge in [0.1, 0.15) is 102 Å². The van der Waals surface area contributed by atoms with E-state index in [-0.39, 0.29) is 28.0 Å². The molecule has 2 aromatic carbocycles. The lowest BCUT2D eigenvalue weighted by Gasteiger charge is -2.46. The second kappa shape index (κ2) is 15.5. The molecule has 52 heavy (non-hydrogen) atoms. The Morgan fingerprint density at radius 3 is 2.00 bits per heavy atom. The molecule has 3 fully saturated rings. The molecule has 0 unspecified atom stereocenters. The maximum atomic E-state index is 13.2. The molecule has 0 radical (unpaired) electrons. The van der Waals surface area contributed by atoms with E-state index in [1.807, 2.05) is 0 Å². The Bertz CT molecular complexity index is 1730. The molecule has 6 rings (SSSR count). The standard InChI is InChI=1S/C33H40O19/c1-11-30(52-33-28(44)24(40)22(38)18(8-34)50-33)26(42)29(45)31(48-11)47-10-19-23(39)25(41)27(43)32(51-19)49-14-6-16(36)20-17(7-14)46-9-15(21(20)37)12-2-4-13(35)5-3-12/h2-7,9,11,18-19,22-36,38-45H,8,10H2,1H3/t11-,18-,19+,22-,23+,24+,25-,26+,27+,28+,29-,30-,31-,32+,33+/m1/s1. The third-order valence-corrected chi connectivity index (χ3v) is 9.27. The number of benzene rings is 2. The first-order valence-corrected chi connectivity index (χ1v) is 16.2. The highest BCUT2D eigenvalue weighted by molar-refractivity contribution is 5.88. The van der Waals surface area contributed by atoms with Crippen LogP contribution >= 0.6 is 0 Å². The number of fused-ring (bicyclic) bond motifs is 1. The van der Waals surface area contributed by atoms with E-state index in [1.165, 1.54) is 37.3 Å². The van der Waals surface area contributed by atoms with Crippen LogP contribution < -0.4 is 10.2 Å². The number of rotatable bonds is 9. The second-order valence-corrected chi connectivity index (χ2v) is 12.8. The monoisotopic (exact) mass is 740 g/mol. The molecule has 0 bridgehead atoms. The molecule has 3 aliphatic rings. The van der Waals surface area contributed by atoms with Gasteiger partial charge in [-0.15, -0.1) is 0 Å². The van der Waals surface area contributed by atoms with Crippen molar-refractivity contribution in [3.05, 3.63) is 52.9 Å². The van der Waals surface area contributed by atoms with Crippen LogP contribution in [0.5, 0.6) is 17.2 Å². The van der Waals surface area contributed by atoms with Crippen molar-refractivity contribution in [3.8, 4) is 28.4 Å². The maximum Gasteiger partial charge on any atom is 0.229 e. The van der Waals surface area contributed by atoms with E-state index in [0.717, 1.165) is 12.3 Å². The predicted molar refractivity (Wildman–Crippen MR) is 169 cm³/mol. The van der Waals surface area contributed by atoms with Gasteiger partial charge in [0.05, 0.1) is 24.9 Å². The van der Waals surface area contributed by atoms with E-state index < -0.39 is 117 Å². The van der Waals surface area contributed by atoms with Crippen molar-refractivity contribution in [2.45, 2.75) is 99.0 Å². The van der Waals surface area contributed by atoms with Crippen molar-refractivity contribution in [2.75, 3.05) is 13.2 Å². The van der Waals surface area contributed by atoms with Crippen molar-refractivity contribution in [3.63, 3.8) is 0 Å². The summed E-state index contributed by atoms with van der Waals surface area (Å²) in [5.74, 6) is -0.717. The van der Waals surface area contributed by atoms with Crippen LogP contribution in [0.2, 0.25) is 0 Å². The summed E-state index contributed by atoms with van der Waals surface area (Å²) >= 11 is 0. The van der Waals surface area contributed by atoms with Gasteiger partial charge in [0.15, 0.2) is 12.6 Å². The van der Waals surface area contributed by atoms with E-state index in [0.29, 0.717) is 5.56 Å². The minimum Gasteiger partial charge on any atom is -0.508 e. The summed E-state index contributed by atoms with van der Waals surface area (Å²) in [5, 5.41) is 113. The number of hydrogen-bond donors (Lipinski definition) is 11. The molecule has 286 valence electrons. The third kappa shape index (κ3) is 7.34. The molecule has 0 aliphatic carbocycles. The summed E-state index contributed by atoms with van der Waals surface area (Å²) in [6, 6.07) is 8.03. The molecule has 11 N–H and O–H groups in total. The van der Waals surface area contributed by atoms with Crippen LogP contribution in [-0.2, 0) is 23.7 Å². The zero-order valence-electron chi connectivity index (χ0n) is 27.3. The normalized spacial score (nSPS) is 38.3. The first kappa shape index (κ1) is 38.2. The van der Waals surface area contributed by atoms with Crippen molar-refractivity contribution in [1.29, 1.82) is 0 Å². The predicted octanol–water partition coefficient (Wildman–Crippen LogP) is -3.27. The molecule has 3 aromatic rings. The first-order chi connectivity index (χ1) is 24.7. The molecule has 0 saturated carbocycles. The van der Waals surface area contributed by atoms with Crippen LogP contribution in [0.3, 0.4) is 0 Å². The van der Waals surface area contributed by atoms with Gasteiger partial charge in [-0.1, -0.05) is 12.1 Å².